The van der Waals surface area contributed by atoms with Gasteiger partial charge in [0.05, 0.1) is 5.92 Å². The second kappa shape index (κ2) is 8.07. The van der Waals surface area contributed by atoms with Gasteiger partial charge in [-0.3, -0.25) is 14.4 Å². The van der Waals surface area contributed by atoms with Crippen LogP contribution < -0.4 is 10.2 Å². The minimum Gasteiger partial charge on any atom is -0.338 e. The predicted octanol–water partition coefficient (Wildman–Crippen LogP) is 3.11. The van der Waals surface area contributed by atoms with Gasteiger partial charge >= 0.3 is 0 Å². The van der Waals surface area contributed by atoms with Gasteiger partial charge in [0.1, 0.15) is 0 Å². The Hall–Kier alpha value is -3.15. The van der Waals surface area contributed by atoms with E-state index in [-0.39, 0.29) is 30.1 Å². The van der Waals surface area contributed by atoms with Crippen molar-refractivity contribution in [3.8, 4) is 0 Å². The first kappa shape index (κ1) is 19.2. The lowest BCUT2D eigenvalue weighted by atomic mass is 10.1. The van der Waals surface area contributed by atoms with E-state index in [4.69, 9.17) is 0 Å². The Morgan fingerprint density at radius 3 is 2.59 bits per heavy atom. The first-order valence-electron chi connectivity index (χ1n) is 10.0. The number of carbonyl (C=O) groups excluding carboxylic acids is 3. The second-order valence-corrected chi connectivity index (χ2v) is 7.80. The van der Waals surface area contributed by atoms with Crippen LogP contribution in [-0.2, 0) is 20.9 Å². The van der Waals surface area contributed by atoms with E-state index < -0.39 is 0 Å². The van der Waals surface area contributed by atoms with Crippen molar-refractivity contribution in [1.82, 2.24) is 4.90 Å². The third-order valence-corrected chi connectivity index (χ3v) is 5.63. The molecule has 2 fully saturated rings. The molecule has 0 unspecified atom stereocenters. The van der Waals surface area contributed by atoms with Crippen molar-refractivity contribution < 1.29 is 14.4 Å². The Morgan fingerprint density at radius 1 is 1.10 bits per heavy atom. The fraction of sp³-hybridized carbons (Fsp3) is 0.348. The first-order valence-corrected chi connectivity index (χ1v) is 10.0. The Labute approximate surface area is 170 Å². The molecule has 2 saturated heterocycles. The van der Waals surface area contributed by atoms with Crippen LogP contribution in [0.4, 0.5) is 11.4 Å². The molecule has 0 aromatic heterocycles. The zero-order chi connectivity index (χ0) is 20.4. The molecule has 6 nitrogen and oxygen atoms in total. The number of hydrogen-bond donors (Lipinski definition) is 1. The van der Waals surface area contributed by atoms with Crippen LogP contribution in [0.25, 0.3) is 0 Å². The third-order valence-electron chi connectivity index (χ3n) is 5.63. The molecule has 150 valence electrons. The zero-order valence-corrected chi connectivity index (χ0v) is 16.6. The summed E-state index contributed by atoms with van der Waals surface area (Å²) in [6.07, 6.45) is 1.71. The molecule has 0 bridgehead atoms. The maximum Gasteiger partial charge on any atom is 0.229 e. The fourth-order valence-electron chi connectivity index (χ4n) is 4.09. The van der Waals surface area contributed by atoms with Crippen LogP contribution in [0.5, 0.6) is 0 Å². The highest BCUT2D eigenvalue weighted by molar-refractivity contribution is 5.99. The number of aryl methyl sites for hydroxylation is 1. The van der Waals surface area contributed by atoms with Crippen LogP contribution in [-0.4, -0.2) is 35.7 Å². The standard InChI is InChI=1S/C23H25N3O3/c1-16-12-19(9-10-20(16)26-11-5-8-21(26)27)24-23(29)18-13-22(28)25(15-18)14-17-6-3-2-4-7-17/h2-4,6-7,9-10,12,18H,5,8,11,13-15H2,1H3,(H,24,29)/t18-/m1/s1. The van der Waals surface area contributed by atoms with Gasteiger partial charge < -0.3 is 15.1 Å². The van der Waals surface area contributed by atoms with Crippen LogP contribution in [0.1, 0.15) is 30.4 Å². The van der Waals surface area contributed by atoms with Gasteiger partial charge in [-0.2, -0.15) is 0 Å². The summed E-state index contributed by atoms with van der Waals surface area (Å²) in [4.78, 5) is 40.6. The van der Waals surface area contributed by atoms with Crippen LogP contribution in [0.2, 0.25) is 0 Å². The van der Waals surface area contributed by atoms with Crippen LogP contribution in [0.15, 0.2) is 48.5 Å². The summed E-state index contributed by atoms with van der Waals surface area (Å²) in [6, 6.07) is 15.4. The van der Waals surface area contributed by atoms with Crippen molar-refractivity contribution in [2.24, 2.45) is 5.92 Å². The fourth-order valence-corrected chi connectivity index (χ4v) is 4.09. The summed E-state index contributed by atoms with van der Waals surface area (Å²) in [7, 11) is 0. The predicted molar refractivity (Wildman–Crippen MR) is 111 cm³/mol. The topological polar surface area (TPSA) is 69.7 Å². The summed E-state index contributed by atoms with van der Waals surface area (Å²) >= 11 is 0. The van der Waals surface area contributed by atoms with E-state index in [0.717, 1.165) is 29.8 Å². The van der Waals surface area contributed by atoms with Gasteiger partial charge in [-0.15, -0.1) is 0 Å². The van der Waals surface area contributed by atoms with Gasteiger partial charge in [-0.05, 0) is 42.7 Å². The van der Waals surface area contributed by atoms with Crippen molar-refractivity contribution >= 4 is 29.1 Å². The molecule has 2 heterocycles. The Kier molecular flexibility index (Phi) is 5.34. The molecular weight excluding hydrogens is 366 g/mol. The molecule has 2 aromatic carbocycles. The van der Waals surface area contributed by atoms with Crippen molar-refractivity contribution in [3.05, 3.63) is 59.7 Å². The second-order valence-electron chi connectivity index (χ2n) is 7.80. The lowest BCUT2D eigenvalue weighted by molar-refractivity contribution is -0.128. The van der Waals surface area contributed by atoms with E-state index in [1.807, 2.05) is 55.5 Å². The van der Waals surface area contributed by atoms with Crippen molar-refractivity contribution in [3.63, 3.8) is 0 Å². The number of likely N-dealkylation sites (tertiary alicyclic amines) is 1. The molecular formula is C23H25N3O3. The first-order chi connectivity index (χ1) is 14.0. The monoisotopic (exact) mass is 391 g/mol. The highest BCUT2D eigenvalue weighted by Crippen LogP contribution is 2.28. The molecule has 0 aliphatic carbocycles. The third kappa shape index (κ3) is 4.16. The molecule has 0 spiro atoms. The SMILES string of the molecule is Cc1cc(NC(=O)[C@@H]2CC(=O)N(Cc3ccccc3)C2)ccc1N1CCCC1=O. The molecule has 29 heavy (non-hydrogen) atoms. The van der Waals surface area contributed by atoms with Gasteiger partial charge in [0.2, 0.25) is 17.7 Å². The Bertz CT molecular complexity index is 942. The maximum atomic E-state index is 12.7. The van der Waals surface area contributed by atoms with Crippen LogP contribution in [0, 0.1) is 12.8 Å². The molecule has 0 radical (unpaired) electrons. The molecule has 6 heteroatoms. The molecule has 4 rings (SSSR count). The van der Waals surface area contributed by atoms with E-state index in [1.54, 1.807) is 9.80 Å². The number of nitrogens with zero attached hydrogens (tertiary/aromatic N) is 2. The minimum atomic E-state index is -0.355. The number of hydrogen-bond acceptors (Lipinski definition) is 3. The van der Waals surface area contributed by atoms with Crippen LogP contribution in [0.3, 0.4) is 0 Å². The zero-order valence-electron chi connectivity index (χ0n) is 16.6. The largest absolute Gasteiger partial charge is 0.338 e. The summed E-state index contributed by atoms with van der Waals surface area (Å²) in [6.45, 7) is 3.64. The molecule has 2 aromatic rings. The maximum absolute atomic E-state index is 12.7. The lowest BCUT2D eigenvalue weighted by Crippen LogP contribution is -2.28. The summed E-state index contributed by atoms with van der Waals surface area (Å²) in [5, 5.41) is 2.94. The summed E-state index contributed by atoms with van der Waals surface area (Å²) < 4.78 is 0. The highest BCUT2D eigenvalue weighted by Gasteiger charge is 2.34. The number of anilines is 2. The average Bonchev–Trinajstić information content (AvgIpc) is 3.29. The molecule has 0 saturated carbocycles. The minimum absolute atomic E-state index is 0.00748. The van der Waals surface area contributed by atoms with Crippen LogP contribution >= 0.6 is 0 Å². The van der Waals surface area contributed by atoms with Gasteiger partial charge in [-0.1, -0.05) is 30.3 Å². The van der Waals surface area contributed by atoms with Gasteiger partial charge in [0.25, 0.3) is 0 Å². The molecule has 2 aliphatic heterocycles. The average molecular weight is 391 g/mol. The van der Waals surface area contributed by atoms with E-state index in [2.05, 4.69) is 5.32 Å². The normalized spacial score (nSPS) is 19.1. The quantitative estimate of drug-likeness (QED) is 0.851. The van der Waals surface area contributed by atoms with E-state index in [0.29, 0.717) is 25.2 Å². The summed E-state index contributed by atoms with van der Waals surface area (Å²) in [5.74, 6) is -0.342. The number of amides is 3. The van der Waals surface area contributed by atoms with Gasteiger partial charge in [0.15, 0.2) is 0 Å². The van der Waals surface area contributed by atoms with E-state index >= 15 is 0 Å². The molecule has 3 amide bonds. The highest BCUT2D eigenvalue weighted by atomic mass is 16.2. The summed E-state index contributed by atoms with van der Waals surface area (Å²) in [5.41, 5.74) is 3.60. The number of rotatable bonds is 5. The lowest BCUT2D eigenvalue weighted by Gasteiger charge is -2.19. The van der Waals surface area contributed by atoms with E-state index in [9.17, 15) is 14.4 Å². The van der Waals surface area contributed by atoms with E-state index in [1.165, 1.54) is 0 Å². The van der Waals surface area contributed by atoms with Gasteiger partial charge in [0, 0.05) is 43.9 Å². The van der Waals surface area contributed by atoms with Crippen molar-refractivity contribution in [2.75, 3.05) is 23.3 Å². The Morgan fingerprint density at radius 2 is 1.90 bits per heavy atom. The number of nitrogens with one attached hydrogen (secondary N) is 1. The molecule has 2 aliphatic rings. The van der Waals surface area contributed by atoms with Gasteiger partial charge in [-0.25, -0.2) is 0 Å². The van der Waals surface area contributed by atoms with Crippen molar-refractivity contribution in [1.29, 1.82) is 0 Å². The van der Waals surface area contributed by atoms with Crippen molar-refractivity contribution in [2.45, 2.75) is 32.7 Å². The Balaban J connectivity index is 1.38. The number of benzene rings is 2. The molecule has 1 N–H and O–H groups in total. The smallest absolute Gasteiger partial charge is 0.229 e. The molecule has 1 atom stereocenters. The number of carbonyl (C=O) groups is 3.